The Morgan fingerprint density at radius 1 is 1.19 bits per heavy atom. The Labute approximate surface area is 286 Å². The Bertz CT molecular complexity index is 2000. The van der Waals surface area contributed by atoms with Crippen molar-refractivity contribution < 1.29 is 14.3 Å². The van der Waals surface area contributed by atoms with Crippen molar-refractivity contribution in [2.75, 3.05) is 11.5 Å². The van der Waals surface area contributed by atoms with Crippen molar-refractivity contribution in [3.8, 4) is 17.2 Å². The number of benzene rings is 1. The van der Waals surface area contributed by atoms with Gasteiger partial charge < -0.3 is 24.3 Å². The number of carbonyl (C=O) groups is 1. The van der Waals surface area contributed by atoms with Gasteiger partial charge in [0.05, 0.1) is 33.4 Å². The van der Waals surface area contributed by atoms with Crippen molar-refractivity contribution in [2.24, 2.45) is 7.05 Å². The van der Waals surface area contributed by atoms with Crippen LogP contribution in [0.4, 0.5) is 10.7 Å². The van der Waals surface area contributed by atoms with Gasteiger partial charge in [0.1, 0.15) is 24.1 Å². The molecule has 1 N–H and O–H groups in total. The molecule has 4 aromatic rings. The van der Waals surface area contributed by atoms with E-state index in [0.717, 1.165) is 25.3 Å². The van der Waals surface area contributed by atoms with Crippen molar-refractivity contribution >= 4 is 53.7 Å². The molecule has 0 radical (unpaired) electrons. The first-order chi connectivity index (χ1) is 22.6. The number of nitrogens with one attached hydrogen (secondary N) is 1. The van der Waals surface area contributed by atoms with Gasteiger partial charge in [0.25, 0.3) is 5.56 Å². The van der Waals surface area contributed by atoms with Gasteiger partial charge in [-0.2, -0.15) is 15.3 Å². The van der Waals surface area contributed by atoms with Crippen LogP contribution in [0.25, 0.3) is 33.1 Å². The fraction of sp³-hybridized carbons (Fsp3) is 0.559. The summed E-state index contributed by atoms with van der Waals surface area (Å²) in [5, 5.41) is 18.9. The largest absolute Gasteiger partial charge is 0.444 e. The maximum Gasteiger partial charge on any atom is 0.407 e. The lowest BCUT2D eigenvalue weighted by atomic mass is 9.96. The lowest BCUT2D eigenvalue weighted by Crippen LogP contribution is -2.46. The molecule has 2 bridgehead atoms. The van der Waals surface area contributed by atoms with Gasteiger partial charge in [0, 0.05) is 51.6 Å². The topological polar surface area (TPSA) is 132 Å². The van der Waals surface area contributed by atoms with E-state index in [1.165, 1.54) is 0 Å². The summed E-state index contributed by atoms with van der Waals surface area (Å²) in [7, 11) is 0.419. The number of rotatable bonds is 9. The fourth-order valence-corrected chi connectivity index (χ4v) is 8.14. The number of nitriles is 1. The van der Waals surface area contributed by atoms with Crippen LogP contribution in [0.1, 0.15) is 52.7 Å². The van der Waals surface area contributed by atoms with Gasteiger partial charge in [0.2, 0.25) is 5.95 Å². The number of anilines is 1. The number of fused-ring (bicyclic) bond motifs is 4. The normalized spacial score (nSPS) is 19.4. The molecule has 2 aliphatic heterocycles. The molecule has 0 spiro atoms. The summed E-state index contributed by atoms with van der Waals surface area (Å²) >= 11 is 7.07. The van der Waals surface area contributed by atoms with Gasteiger partial charge in [0.15, 0.2) is 5.65 Å². The summed E-state index contributed by atoms with van der Waals surface area (Å²) in [5.74, 6) is 0.555. The van der Waals surface area contributed by atoms with Gasteiger partial charge in [-0.3, -0.25) is 14.0 Å². The van der Waals surface area contributed by atoms with Crippen LogP contribution < -0.4 is 15.8 Å². The quantitative estimate of drug-likeness (QED) is 0.161. The highest BCUT2D eigenvalue weighted by atomic mass is 35.5. The fourth-order valence-electron chi connectivity index (χ4n) is 7.03. The summed E-state index contributed by atoms with van der Waals surface area (Å²) in [5.41, 5.74) is 1.93. The van der Waals surface area contributed by atoms with Gasteiger partial charge in [-0.25, -0.2) is 4.79 Å². The number of amides is 1. The number of nitrogens with zero attached hydrogens (tertiary/aromatic N) is 7. The molecule has 1 amide bonds. The highest BCUT2D eigenvalue weighted by molar-refractivity contribution is 6.76. The summed E-state index contributed by atoms with van der Waals surface area (Å²) in [4.78, 5) is 34.5. The van der Waals surface area contributed by atoms with E-state index < -0.39 is 19.8 Å². The molecule has 2 saturated heterocycles. The molecule has 12 nitrogen and oxygen atoms in total. The third-order valence-electron chi connectivity index (χ3n) is 9.31. The predicted octanol–water partition coefficient (Wildman–Crippen LogP) is 6.24. The van der Waals surface area contributed by atoms with E-state index in [9.17, 15) is 14.9 Å². The summed E-state index contributed by atoms with van der Waals surface area (Å²) in [6, 6.07) is 6.92. The molecule has 0 saturated carbocycles. The molecule has 256 valence electrons. The van der Waals surface area contributed by atoms with E-state index in [1.807, 2.05) is 50.6 Å². The minimum atomic E-state index is -1.32. The van der Waals surface area contributed by atoms with Crippen molar-refractivity contribution in [3.05, 3.63) is 39.4 Å². The standard InChI is InChI=1S/C34H45ClN8O4Si/c1-9-42-26(17-36)28-23(39-42)12-11-21(29(28)35)22-18-41(19-46-14-15-48(6,7)8)30-27(22)31(44)40(5)32(38-30)43-20-10-13-25(43)24(16-20)37-33(45)47-34(2,3)4/h11-12,18,20,24-25H,9-10,13-16,19H2,1-8H3,(H,37,45)/t20-,24+,25+/m0/s1. The average molecular weight is 693 g/mol. The maximum atomic E-state index is 14.4. The number of alkyl carbamates (subject to hydrolysis) is 1. The van der Waals surface area contributed by atoms with E-state index in [4.69, 9.17) is 26.1 Å². The molecule has 0 unspecified atom stereocenters. The van der Waals surface area contributed by atoms with Crippen molar-refractivity contribution in [3.63, 3.8) is 0 Å². The van der Waals surface area contributed by atoms with Crippen LogP contribution >= 0.6 is 11.6 Å². The molecule has 0 aliphatic carbocycles. The zero-order valence-electron chi connectivity index (χ0n) is 29.1. The molecule has 2 fully saturated rings. The Balaban J connectivity index is 1.45. The number of ether oxygens (including phenoxy) is 2. The van der Waals surface area contributed by atoms with Crippen LogP contribution in [0.5, 0.6) is 0 Å². The molecular weight excluding hydrogens is 648 g/mol. The highest BCUT2D eigenvalue weighted by Gasteiger charge is 2.49. The van der Waals surface area contributed by atoms with Crippen LogP contribution in [-0.2, 0) is 29.8 Å². The predicted molar refractivity (Wildman–Crippen MR) is 190 cm³/mol. The first kappa shape index (κ1) is 34.0. The first-order valence-electron chi connectivity index (χ1n) is 16.7. The molecule has 1 aromatic carbocycles. The second-order valence-electron chi connectivity index (χ2n) is 15.1. The Morgan fingerprint density at radius 3 is 2.60 bits per heavy atom. The smallest absolute Gasteiger partial charge is 0.407 e. The second kappa shape index (κ2) is 12.5. The van der Waals surface area contributed by atoms with E-state index in [2.05, 4.69) is 41.0 Å². The summed E-state index contributed by atoms with van der Waals surface area (Å²) in [6.07, 6.45) is 4.00. The van der Waals surface area contributed by atoms with Crippen molar-refractivity contribution in [1.82, 2.24) is 29.2 Å². The molecule has 5 heterocycles. The zero-order chi connectivity index (χ0) is 34.7. The van der Waals surface area contributed by atoms with Crippen LogP contribution in [0.2, 0.25) is 30.7 Å². The molecule has 3 aromatic heterocycles. The number of hydrogen-bond acceptors (Lipinski definition) is 8. The lowest BCUT2D eigenvalue weighted by molar-refractivity contribution is 0.0497. The minimum Gasteiger partial charge on any atom is -0.444 e. The molecule has 14 heteroatoms. The third-order valence-corrected chi connectivity index (χ3v) is 11.4. The number of aryl methyl sites for hydroxylation is 1. The van der Waals surface area contributed by atoms with E-state index in [-0.39, 0.29) is 30.4 Å². The molecule has 48 heavy (non-hydrogen) atoms. The summed E-state index contributed by atoms with van der Waals surface area (Å²) in [6.45, 7) is 15.7. The number of aromatic nitrogens is 5. The van der Waals surface area contributed by atoms with E-state index >= 15 is 0 Å². The molecule has 6 rings (SSSR count). The van der Waals surface area contributed by atoms with Gasteiger partial charge >= 0.3 is 6.09 Å². The van der Waals surface area contributed by atoms with Gasteiger partial charge in [-0.05, 0) is 59.1 Å². The monoisotopic (exact) mass is 692 g/mol. The zero-order valence-corrected chi connectivity index (χ0v) is 30.8. The van der Waals surface area contributed by atoms with Gasteiger partial charge in [-0.1, -0.05) is 37.3 Å². The van der Waals surface area contributed by atoms with E-state index in [1.54, 1.807) is 16.3 Å². The average Bonchev–Trinajstić information content (AvgIpc) is 3.75. The SMILES string of the molecule is CCn1nc2ccc(-c3cn(COCC[Si](C)(C)C)c4nc(N5[C@H]6CC[C@@H]5[C@H](NC(=O)OC(C)(C)C)C6)n(C)c(=O)c34)c(Cl)c2c1C#N. The van der Waals surface area contributed by atoms with Gasteiger partial charge in [-0.15, -0.1) is 0 Å². The van der Waals surface area contributed by atoms with Crippen molar-refractivity contribution in [2.45, 2.75) is 110 Å². The minimum absolute atomic E-state index is 0.0229. The third kappa shape index (κ3) is 6.21. The molecule has 3 atom stereocenters. The van der Waals surface area contributed by atoms with Crippen LogP contribution in [0, 0.1) is 11.3 Å². The highest BCUT2D eigenvalue weighted by Crippen LogP contribution is 2.42. The summed E-state index contributed by atoms with van der Waals surface area (Å²) < 4.78 is 16.9. The van der Waals surface area contributed by atoms with E-state index in [0.29, 0.717) is 62.9 Å². The molecular formula is C34H45ClN8O4Si. The van der Waals surface area contributed by atoms with Crippen LogP contribution in [-0.4, -0.2) is 68.4 Å². The Kier molecular flexibility index (Phi) is 8.89. The Morgan fingerprint density at radius 2 is 1.94 bits per heavy atom. The van der Waals surface area contributed by atoms with Crippen LogP contribution in [0.3, 0.4) is 0 Å². The Hall–Kier alpha value is -3.86. The molecule has 2 aliphatic rings. The lowest BCUT2D eigenvalue weighted by Gasteiger charge is -2.28. The second-order valence-corrected chi connectivity index (χ2v) is 21.1. The first-order valence-corrected chi connectivity index (χ1v) is 20.7. The number of halogens is 1. The van der Waals surface area contributed by atoms with Crippen molar-refractivity contribution in [1.29, 1.82) is 5.26 Å². The van der Waals surface area contributed by atoms with Crippen LogP contribution in [0.15, 0.2) is 23.1 Å². The number of hydrogen-bond donors (Lipinski definition) is 1. The number of carbonyl (C=O) groups excluding carboxylic acids is 1. The maximum absolute atomic E-state index is 14.4.